The summed E-state index contributed by atoms with van der Waals surface area (Å²) in [4.78, 5) is 26.8. The van der Waals surface area contributed by atoms with Crippen molar-refractivity contribution >= 4 is 28.8 Å². The number of allylic oxidation sites excluding steroid dienone is 1. The number of nitrogens with zero attached hydrogens (tertiary/aromatic N) is 2. The highest BCUT2D eigenvalue weighted by atomic mass is 19.1. The number of ether oxygens (including phenoxy) is 2. The third-order valence-corrected chi connectivity index (χ3v) is 7.21. The number of nitrogens with one attached hydrogen (secondary N) is 1. The van der Waals surface area contributed by atoms with E-state index in [-0.39, 0.29) is 22.9 Å². The van der Waals surface area contributed by atoms with Crippen molar-refractivity contribution < 1.29 is 23.8 Å². The van der Waals surface area contributed by atoms with Crippen LogP contribution in [-0.4, -0.2) is 47.9 Å². The largest absolute Gasteiger partial charge is 0.494 e. The van der Waals surface area contributed by atoms with Crippen molar-refractivity contribution in [3.05, 3.63) is 70.0 Å². The molecule has 3 heterocycles. The summed E-state index contributed by atoms with van der Waals surface area (Å²) < 4.78 is 29.6. The van der Waals surface area contributed by atoms with Crippen LogP contribution in [0.5, 0.6) is 11.5 Å². The van der Waals surface area contributed by atoms with Crippen molar-refractivity contribution in [2.24, 2.45) is 5.41 Å². The second-order valence-corrected chi connectivity index (χ2v) is 10.6. The first-order valence-corrected chi connectivity index (χ1v) is 12.9. The molecule has 2 aromatic carbocycles. The quantitative estimate of drug-likeness (QED) is 0.415. The molecule has 2 aliphatic heterocycles. The first kappa shape index (κ1) is 25.8. The highest BCUT2D eigenvalue weighted by Crippen LogP contribution is 2.45. The average molecular weight is 522 g/mol. The van der Waals surface area contributed by atoms with Crippen molar-refractivity contribution in [1.29, 1.82) is 0 Å². The lowest BCUT2D eigenvalue weighted by Gasteiger charge is -2.37. The summed E-state index contributed by atoms with van der Waals surface area (Å²) in [6, 6.07) is 10.9. The molecule has 2 aliphatic rings. The van der Waals surface area contributed by atoms with Crippen LogP contribution in [0.25, 0.3) is 17.1 Å². The first-order chi connectivity index (χ1) is 18.2. The fourth-order valence-electron chi connectivity index (χ4n) is 5.14. The van der Waals surface area contributed by atoms with Crippen LogP contribution in [-0.2, 0) is 0 Å². The maximum Gasteiger partial charge on any atom is 0.341 e. The molecule has 8 nitrogen and oxygen atoms in total. The summed E-state index contributed by atoms with van der Waals surface area (Å²) in [5.41, 5.74) is -0.984. The fraction of sp³-hybridized carbons (Fsp3) is 0.379. The summed E-state index contributed by atoms with van der Waals surface area (Å²) in [6.07, 6.45) is 4.45. The Labute approximate surface area is 220 Å². The third kappa shape index (κ3) is 4.86. The molecule has 1 atom stereocenters. The second kappa shape index (κ2) is 10.1. The Hall–Kier alpha value is -3.85. The molecule has 2 N–H and O–H groups in total. The van der Waals surface area contributed by atoms with Gasteiger partial charge < -0.3 is 29.4 Å². The van der Waals surface area contributed by atoms with E-state index in [1.807, 2.05) is 56.0 Å². The lowest BCUT2D eigenvalue weighted by molar-refractivity contribution is 0.0695. The maximum atomic E-state index is 15.7. The minimum Gasteiger partial charge on any atom is -0.494 e. The van der Waals surface area contributed by atoms with Gasteiger partial charge in [-0.2, -0.15) is 0 Å². The Morgan fingerprint density at radius 2 is 2.05 bits per heavy atom. The summed E-state index contributed by atoms with van der Waals surface area (Å²) in [5, 5.41) is 13.0. The Bertz CT molecular complexity index is 1460. The molecule has 9 heteroatoms. The number of hydrogen-bond donors (Lipinski definition) is 2. The molecule has 200 valence electrons. The van der Waals surface area contributed by atoms with Gasteiger partial charge in [0.2, 0.25) is 5.43 Å². The molecule has 1 unspecified atom stereocenters. The van der Waals surface area contributed by atoms with Crippen molar-refractivity contribution in [2.45, 2.75) is 39.7 Å². The Morgan fingerprint density at radius 3 is 2.76 bits per heavy atom. The summed E-state index contributed by atoms with van der Waals surface area (Å²) >= 11 is 0. The first-order valence-electron chi connectivity index (χ1n) is 12.9. The number of carbonyl (C=O) groups is 1. The van der Waals surface area contributed by atoms with E-state index in [1.54, 1.807) is 10.8 Å². The van der Waals surface area contributed by atoms with Crippen LogP contribution in [0.15, 0.2) is 53.1 Å². The van der Waals surface area contributed by atoms with Crippen molar-refractivity contribution in [3.63, 3.8) is 0 Å². The van der Waals surface area contributed by atoms with Gasteiger partial charge in [0.15, 0.2) is 11.6 Å². The van der Waals surface area contributed by atoms with Gasteiger partial charge >= 0.3 is 5.97 Å². The molecule has 0 amide bonds. The molecule has 0 saturated carbocycles. The molecular formula is C29H32FN3O5. The third-order valence-electron chi connectivity index (χ3n) is 7.21. The van der Waals surface area contributed by atoms with Crippen LogP contribution in [0, 0.1) is 11.2 Å². The van der Waals surface area contributed by atoms with E-state index >= 15 is 4.39 Å². The van der Waals surface area contributed by atoms with Crippen LogP contribution in [0.3, 0.4) is 0 Å². The van der Waals surface area contributed by atoms with Gasteiger partial charge in [0, 0.05) is 43.5 Å². The lowest BCUT2D eigenvalue weighted by Crippen LogP contribution is -2.49. The number of aromatic nitrogens is 1. The number of para-hydroxylation sites is 1. The number of piperazine rings is 1. The normalized spacial score (nSPS) is 17.2. The monoisotopic (exact) mass is 521 g/mol. The number of carboxylic acids is 1. The van der Waals surface area contributed by atoms with Crippen LogP contribution in [0.4, 0.5) is 10.1 Å². The summed E-state index contributed by atoms with van der Waals surface area (Å²) in [7, 11) is 0. The SMILES string of the molecule is CC1CN(c2c(F)cc3c(=O)c(C(=O)O)cn4c3c2OC(C(C)(C)CCCOc2ccccc2)=C4)CCN1. The van der Waals surface area contributed by atoms with Gasteiger partial charge in [0.05, 0.1) is 12.0 Å². The van der Waals surface area contributed by atoms with E-state index in [0.717, 1.165) is 18.2 Å². The molecule has 5 rings (SSSR count). The van der Waals surface area contributed by atoms with Crippen LogP contribution >= 0.6 is 0 Å². The lowest BCUT2D eigenvalue weighted by atomic mass is 9.85. The molecule has 38 heavy (non-hydrogen) atoms. The number of carboxylic acid groups (broad SMARTS) is 1. The van der Waals surface area contributed by atoms with Gasteiger partial charge in [-0.15, -0.1) is 0 Å². The minimum atomic E-state index is -1.36. The number of benzene rings is 2. The topological polar surface area (TPSA) is 93.0 Å². The fourth-order valence-corrected chi connectivity index (χ4v) is 5.14. The molecule has 0 aliphatic carbocycles. The van der Waals surface area contributed by atoms with Crippen LogP contribution in [0.1, 0.15) is 44.0 Å². The highest BCUT2D eigenvalue weighted by molar-refractivity contribution is 5.98. The number of rotatable bonds is 8. The predicted molar refractivity (Wildman–Crippen MR) is 145 cm³/mol. The minimum absolute atomic E-state index is 0.0197. The van der Waals surface area contributed by atoms with Crippen molar-refractivity contribution in [2.75, 3.05) is 31.1 Å². The second-order valence-electron chi connectivity index (χ2n) is 10.6. The Morgan fingerprint density at radius 1 is 1.29 bits per heavy atom. The number of aromatic carboxylic acids is 1. The molecular weight excluding hydrogens is 489 g/mol. The smallest absolute Gasteiger partial charge is 0.341 e. The van der Waals surface area contributed by atoms with Crippen molar-refractivity contribution in [3.8, 4) is 11.5 Å². The molecule has 1 aromatic heterocycles. The average Bonchev–Trinajstić information content (AvgIpc) is 2.88. The maximum absolute atomic E-state index is 15.7. The van der Waals surface area contributed by atoms with E-state index in [4.69, 9.17) is 9.47 Å². The molecule has 0 bridgehead atoms. The number of halogens is 1. The van der Waals surface area contributed by atoms with Gasteiger partial charge in [-0.3, -0.25) is 4.79 Å². The standard InChI is InChI=1S/C29H32FN3O5/c1-18-15-32(12-11-31-18)25-22(30)14-20-24-27(25)38-23(17-33(24)16-21(26(20)34)28(35)36)29(2,3)10-7-13-37-19-8-5-4-6-9-19/h4-6,8-9,14,16-18,31H,7,10-13,15H2,1-3H3,(H,35,36). The van der Waals surface area contributed by atoms with E-state index in [9.17, 15) is 14.7 Å². The van der Waals surface area contributed by atoms with E-state index in [2.05, 4.69) is 5.32 Å². The van der Waals surface area contributed by atoms with Gasteiger partial charge in [-0.25, -0.2) is 9.18 Å². The predicted octanol–water partition coefficient (Wildman–Crippen LogP) is 4.71. The summed E-state index contributed by atoms with van der Waals surface area (Å²) in [6.45, 7) is 8.40. The zero-order chi connectivity index (χ0) is 27.0. The zero-order valence-corrected chi connectivity index (χ0v) is 21.8. The van der Waals surface area contributed by atoms with Gasteiger partial charge in [-0.05, 0) is 38.0 Å². The molecule has 0 radical (unpaired) electrons. The Balaban J connectivity index is 1.53. The zero-order valence-electron chi connectivity index (χ0n) is 21.8. The Kier molecular flexibility index (Phi) is 6.88. The molecule has 0 spiro atoms. The van der Waals surface area contributed by atoms with Crippen LogP contribution in [0.2, 0.25) is 0 Å². The van der Waals surface area contributed by atoms with Crippen molar-refractivity contribution in [1.82, 2.24) is 9.88 Å². The number of anilines is 1. The van der Waals surface area contributed by atoms with E-state index in [0.29, 0.717) is 43.9 Å². The van der Waals surface area contributed by atoms with E-state index in [1.165, 1.54) is 6.20 Å². The van der Waals surface area contributed by atoms with Crippen LogP contribution < -0.4 is 25.1 Å². The van der Waals surface area contributed by atoms with Gasteiger partial charge in [0.1, 0.15) is 28.3 Å². The highest BCUT2D eigenvalue weighted by Gasteiger charge is 2.34. The van der Waals surface area contributed by atoms with Gasteiger partial charge in [0.25, 0.3) is 0 Å². The van der Waals surface area contributed by atoms with E-state index < -0.39 is 28.2 Å². The van der Waals surface area contributed by atoms with Gasteiger partial charge in [-0.1, -0.05) is 32.0 Å². The molecule has 3 aromatic rings. The molecule has 1 fully saturated rings. The molecule has 1 saturated heterocycles. The summed E-state index contributed by atoms with van der Waals surface area (Å²) in [5.74, 6) is -0.366. The number of pyridine rings is 1. The number of hydrogen-bond acceptors (Lipinski definition) is 6.